The number of nitrogens with zero attached hydrogens (tertiary/aromatic N) is 5. The van der Waals surface area contributed by atoms with Crippen LogP contribution in [0.3, 0.4) is 0 Å². The fourth-order valence-electron chi connectivity index (χ4n) is 5.38. The maximum Gasteiger partial charge on any atom is 0.230 e. The van der Waals surface area contributed by atoms with Crippen LogP contribution < -0.4 is 10.6 Å². The predicted molar refractivity (Wildman–Crippen MR) is 127 cm³/mol. The fourth-order valence-corrected chi connectivity index (χ4v) is 5.38. The summed E-state index contributed by atoms with van der Waals surface area (Å²) in [6.07, 6.45) is 10.7. The van der Waals surface area contributed by atoms with Crippen LogP contribution in [-0.2, 0) is 6.54 Å². The summed E-state index contributed by atoms with van der Waals surface area (Å²) in [4.78, 5) is 18.9. The molecule has 2 aliphatic rings. The summed E-state index contributed by atoms with van der Waals surface area (Å²) in [7, 11) is 0. The third-order valence-corrected chi connectivity index (χ3v) is 7.18. The lowest BCUT2D eigenvalue weighted by Crippen LogP contribution is -2.27. The molecule has 164 valence electrons. The lowest BCUT2D eigenvalue weighted by Gasteiger charge is -2.28. The average Bonchev–Trinajstić information content (AvgIpc) is 3.14. The molecule has 0 radical (unpaired) electrons. The number of pyridine rings is 2. The summed E-state index contributed by atoms with van der Waals surface area (Å²) in [5.41, 5.74) is 4.57. The monoisotopic (exact) mass is 427 g/mol. The zero-order chi connectivity index (χ0) is 21.7. The summed E-state index contributed by atoms with van der Waals surface area (Å²) in [5.74, 6) is 2.59. The molecule has 1 atom stereocenters. The van der Waals surface area contributed by atoms with E-state index >= 15 is 0 Å². The Labute approximate surface area is 187 Å². The van der Waals surface area contributed by atoms with E-state index in [-0.39, 0.29) is 0 Å². The van der Waals surface area contributed by atoms with Crippen molar-refractivity contribution in [3.8, 4) is 0 Å². The highest BCUT2D eigenvalue weighted by molar-refractivity contribution is 6.06. The van der Waals surface area contributed by atoms with E-state index in [2.05, 4.69) is 51.1 Å². The lowest BCUT2D eigenvalue weighted by atomic mass is 9.87. The Morgan fingerprint density at radius 1 is 1.00 bits per heavy atom. The molecule has 0 saturated heterocycles. The number of hydrogen-bond donors (Lipinski definition) is 2. The van der Waals surface area contributed by atoms with Gasteiger partial charge in [-0.2, -0.15) is 4.98 Å². The Balaban J connectivity index is 1.41. The van der Waals surface area contributed by atoms with E-state index in [9.17, 15) is 0 Å². The SMILES string of the molecule is CC1CCC(n2c3cnccc3c3cnc(Nc4ccc5c(n4)[C@H](C)CNC5)nc32)CC1. The summed E-state index contributed by atoms with van der Waals surface area (Å²) >= 11 is 0. The molecule has 4 aromatic heterocycles. The van der Waals surface area contributed by atoms with Crippen LogP contribution in [0.15, 0.2) is 36.8 Å². The topological polar surface area (TPSA) is 80.5 Å². The highest BCUT2D eigenvalue weighted by Crippen LogP contribution is 2.38. The highest BCUT2D eigenvalue weighted by Gasteiger charge is 2.25. The molecule has 32 heavy (non-hydrogen) atoms. The smallest absolute Gasteiger partial charge is 0.230 e. The van der Waals surface area contributed by atoms with Gasteiger partial charge in [-0.1, -0.05) is 19.9 Å². The zero-order valence-corrected chi connectivity index (χ0v) is 18.7. The molecule has 1 fully saturated rings. The van der Waals surface area contributed by atoms with E-state index < -0.39 is 0 Å². The largest absolute Gasteiger partial charge is 0.321 e. The standard InChI is InChI=1S/C25H29N7/c1-15-3-6-18(7-4-15)32-21-14-26-10-9-19(21)20-13-28-25(31-24(20)32)30-22-8-5-17-12-27-11-16(2)23(17)29-22/h5,8-10,13-16,18,27H,3-4,6-7,11-12H2,1-2H3,(H,28,29,30,31)/t15?,16-,18?/m1/s1. The Morgan fingerprint density at radius 2 is 1.88 bits per heavy atom. The van der Waals surface area contributed by atoms with Crippen molar-refractivity contribution in [2.24, 2.45) is 5.92 Å². The normalized spacial score (nSPS) is 23.4. The fraction of sp³-hybridized carbons (Fsp3) is 0.440. The van der Waals surface area contributed by atoms with Crippen LogP contribution in [0.2, 0.25) is 0 Å². The van der Waals surface area contributed by atoms with E-state index in [1.54, 1.807) is 0 Å². The van der Waals surface area contributed by atoms with Crippen molar-refractivity contribution in [1.82, 2.24) is 29.8 Å². The van der Waals surface area contributed by atoms with Crippen molar-refractivity contribution in [3.05, 3.63) is 48.0 Å². The van der Waals surface area contributed by atoms with Crippen molar-refractivity contribution in [3.63, 3.8) is 0 Å². The van der Waals surface area contributed by atoms with Crippen LogP contribution in [0.1, 0.15) is 62.7 Å². The lowest BCUT2D eigenvalue weighted by molar-refractivity contribution is 0.298. The second-order valence-corrected chi connectivity index (χ2v) is 9.51. The number of nitrogens with one attached hydrogen (secondary N) is 2. The first-order valence-electron chi connectivity index (χ1n) is 11.8. The van der Waals surface area contributed by atoms with Crippen LogP contribution in [0, 0.1) is 5.92 Å². The van der Waals surface area contributed by atoms with Gasteiger partial charge in [0.1, 0.15) is 11.5 Å². The van der Waals surface area contributed by atoms with E-state index in [1.165, 1.54) is 36.6 Å². The number of fused-ring (bicyclic) bond motifs is 4. The molecule has 0 bridgehead atoms. The van der Waals surface area contributed by atoms with Gasteiger partial charge < -0.3 is 15.2 Å². The minimum Gasteiger partial charge on any atom is -0.321 e. The average molecular weight is 428 g/mol. The Kier molecular flexibility index (Phi) is 4.79. The van der Waals surface area contributed by atoms with Gasteiger partial charge in [-0.3, -0.25) is 4.98 Å². The molecular weight excluding hydrogens is 398 g/mol. The molecule has 0 unspecified atom stereocenters. The number of anilines is 2. The molecule has 0 aromatic carbocycles. The van der Waals surface area contributed by atoms with Crippen molar-refractivity contribution in [1.29, 1.82) is 0 Å². The van der Waals surface area contributed by atoms with Crippen molar-refractivity contribution in [2.75, 3.05) is 11.9 Å². The Morgan fingerprint density at radius 3 is 2.75 bits per heavy atom. The molecule has 7 heteroatoms. The molecule has 5 heterocycles. The quantitative estimate of drug-likeness (QED) is 0.475. The molecular formula is C25H29N7. The van der Waals surface area contributed by atoms with Gasteiger partial charge in [-0.05, 0) is 49.3 Å². The van der Waals surface area contributed by atoms with Crippen LogP contribution in [0.4, 0.5) is 11.8 Å². The van der Waals surface area contributed by atoms with Gasteiger partial charge in [0.05, 0.1) is 17.4 Å². The molecule has 0 amide bonds. The molecule has 7 nitrogen and oxygen atoms in total. The molecule has 1 aliphatic carbocycles. The maximum atomic E-state index is 4.99. The second-order valence-electron chi connectivity index (χ2n) is 9.51. The molecule has 0 spiro atoms. The Bertz CT molecular complexity index is 1290. The van der Waals surface area contributed by atoms with E-state index in [0.29, 0.717) is 17.9 Å². The summed E-state index contributed by atoms with van der Waals surface area (Å²) in [6.45, 7) is 6.40. The van der Waals surface area contributed by atoms with Gasteiger partial charge in [0.25, 0.3) is 0 Å². The van der Waals surface area contributed by atoms with Gasteiger partial charge >= 0.3 is 0 Å². The van der Waals surface area contributed by atoms with Crippen molar-refractivity contribution < 1.29 is 0 Å². The van der Waals surface area contributed by atoms with Crippen LogP contribution in [0.5, 0.6) is 0 Å². The van der Waals surface area contributed by atoms with E-state index in [4.69, 9.17) is 9.97 Å². The van der Waals surface area contributed by atoms with Gasteiger partial charge in [-0.15, -0.1) is 0 Å². The zero-order valence-electron chi connectivity index (χ0n) is 18.7. The van der Waals surface area contributed by atoms with Gasteiger partial charge in [0.2, 0.25) is 5.95 Å². The predicted octanol–water partition coefficient (Wildman–Crippen LogP) is 5.08. The molecule has 1 saturated carbocycles. The number of rotatable bonds is 3. The Hall–Kier alpha value is -3.06. The summed E-state index contributed by atoms with van der Waals surface area (Å²) in [6, 6.07) is 6.70. The van der Waals surface area contributed by atoms with Gasteiger partial charge in [0.15, 0.2) is 0 Å². The molecule has 1 aliphatic heterocycles. The third kappa shape index (κ3) is 3.32. The third-order valence-electron chi connectivity index (χ3n) is 7.18. The van der Waals surface area contributed by atoms with E-state index in [1.807, 2.05) is 24.7 Å². The first-order chi connectivity index (χ1) is 15.7. The van der Waals surface area contributed by atoms with Gasteiger partial charge in [-0.25, -0.2) is 9.97 Å². The molecule has 6 rings (SSSR count). The van der Waals surface area contributed by atoms with E-state index in [0.717, 1.165) is 47.1 Å². The van der Waals surface area contributed by atoms with Crippen LogP contribution in [-0.4, -0.2) is 31.0 Å². The maximum absolute atomic E-state index is 4.99. The summed E-state index contributed by atoms with van der Waals surface area (Å²) in [5, 5.41) is 9.07. The van der Waals surface area contributed by atoms with Gasteiger partial charge in [0, 0.05) is 48.2 Å². The molecule has 4 aromatic rings. The van der Waals surface area contributed by atoms with Crippen molar-refractivity contribution >= 4 is 33.7 Å². The van der Waals surface area contributed by atoms with Crippen molar-refractivity contribution in [2.45, 2.75) is 58.0 Å². The second kappa shape index (κ2) is 7.81. The van der Waals surface area contributed by atoms with Crippen LogP contribution in [0.25, 0.3) is 21.9 Å². The highest BCUT2D eigenvalue weighted by atomic mass is 15.2. The first kappa shape index (κ1) is 19.6. The summed E-state index contributed by atoms with van der Waals surface area (Å²) < 4.78 is 2.41. The molecule has 2 N–H and O–H groups in total. The minimum absolute atomic E-state index is 0.396. The van der Waals surface area contributed by atoms with Crippen LogP contribution >= 0.6 is 0 Å². The first-order valence-corrected chi connectivity index (χ1v) is 11.8. The number of hydrogen-bond acceptors (Lipinski definition) is 6. The minimum atomic E-state index is 0.396. The number of aromatic nitrogens is 5.